The van der Waals surface area contributed by atoms with Crippen LogP contribution in [0.15, 0.2) is 12.3 Å². The highest BCUT2D eigenvalue weighted by atomic mass is 16.3. The molecule has 6 heteroatoms. The lowest BCUT2D eigenvalue weighted by Crippen LogP contribution is -2.56. The summed E-state index contributed by atoms with van der Waals surface area (Å²) in [6, 6.07) is 1.64. The summed E-state index contributed by atoms with van der Waals surface area (Å²) in [5.74, 6) is 0.255. The molecule has 6 nitrogen and oxygen atoms in total. The van der Waals surface area contributed by atoms with Crippen LogP contribution in [0, 0.1) is 0 Å². The standard InChI is InChI=1S/C10H16N4O2/c11-8-2-5-14(13-8)6-9(16)12-10(7-15)3-1-4-10/h2,5,15H,1,3-4,6-7H2,(H2,11,13)(H,12,16). The minimum Gasteiger partial charge on any atom is -0.394 e. The lowest BCUT2D eigenvalue weighted by Gasteiger charge is -2.40. The largest absolute Gasteiger partial charge is 0.394 e. The Morgan fingerprint density at radius 3 is 2.88 bits per heavy atom. The van der Waals surface area contributed by atoms with Gasteiger partial charge in [-0.1, -0.05) is 0 Å². The zero-order chi connectivity index (χ0) is 11.6. The first kappa shape index (κ1) is 10.9. The van der Waals surface area contributed by atoms with Crippen molar-refractivity contribution >= 4 is 11.7 Å². The predicted octanol–water partition coefficient (Wildman–Crippen LogP) is -0.504. The maximum absolute atomic E-state index is 11.7. The molecule has 0 aliphatic heterocycles. The van der Waals surface area contributed by atoms with E-state index in [9.17, 15) is 9.90 Å². The van der Waals surface area contributed by atoms with E-state index in [0.717, 1.165) is 19.3 Å². The maximum atomic E-state index is 11.7. The van der Waals surface area contributed by atoms with Crippen LogP contribution >= 0.6 is 0 Å². The van der Waals surface area contributed by atoms with Gasteiger partial charge in [0.1, 0.15) is 12.4 Å². The number of carbonyl (C=O) groups excluding carboxylic acids is 1. The average molecular weight is 224 g/mol. The van der Waals surface area contributed by atoms with Gasteiger partial charge < -0.3 is 16.2 Å². The van der Waals surface area contributed by atoms with E-state index in [-0.39, 0.29) is 19.1 Å². The Morgan fingerprint density at radius 1 is 1.69 bits per heavy atom. The fourth-order valence-corrected chi connectivity index (χ4v) is 1.87. The summed E-state index contributed by atoms with van der Waals surface area (Å²) in [5, 5.41) is 16.0. The van der Waals surface area contributed by atoms with E-state index in [4.69, 9.17) is 5.73 Å². The number of hydrogen-bond donors (Lipinski definition) is 3. The van der Waals surface area contributed by atoms with Gasteiger partial charge in [-0.05, 0) is 25.3 Å². The fourth-order valence-electron chi connectivity index (χ4n) is 1.87. The van der Waals surface area contributed by atoms with Gasteiger partial charge in [0.2, 0.25) is 5.91 Å². The van der Waals surface area contributed by atoms with Crippen LogP contribution in [0.3, 0.4) is 0 Å². The van der Waals surface area contributed by atoms with Crippen molar-refractivity contribution in [2.24, 2.45) is 0 Å². The van der Waals surface area contributed by atoms with Crippen LogP contribution in [0.25, 0.3) is 0 Å². The molecule has 0 unspecified atom stereocenters. The van der Waals surface area contributed by atoms with Gasteiger partial charge in [0, 0.05) is 6.20 Å². The number of anilines is 1. The van der Waals surface area contributed by atoms with Gasteiger partial charge in [0.15, 0.2) is 0 Å². The van der Waals surface area contributed by atoms with Gasteiger partial charge in [0.05, 0.1) is 12.1 Å². The first-order valence-corrected chi connectivity index (χ1v) is 5.34. The first-order chi connectivity index (χ1) is 7.63. The maximum Gasteiger partial charge on any atom is 0.242 e. The average Bonchev–Trinajstić information content (AvgIpc) is 2.57. The number of hydrogen-bond acceptors (Lipinski definition) is 4. The molecule has 1 saturated carbocycles. The van der Waals surface area contributed by atoms with Crippen LogP contribution in [0.2, 0.25) is 0 Å². The van der Waals surface area contributed by atoms with E-state index in [2.05, 4.69) is 10.4 Å². The smallest absolute Gasteiger partial charge is 0.242 e. The van der Waals surface area contributed by atoms with Crippen molar-refractivity contribution in [1.82, 2.24) is 15.1 Å². The molecule has 0 spiro atoms. The normalized spacial score (nSPS) is 17.8. The Bertz CT molecular complexity index is 378. The van der Waals surface area contributed by atoms with Crippen LogP contribution in [0.4, 0.5) is 5.82 Å². The van der Waals surface area contributed by atoms with Crippen LogP contribution in [0.1, 0.15) is 19.3 Å². The number of nitrogens with two attached hydrogens (primary N) is 1. The molecule has 88 valence electrons. The molecular formula is C10H16N4O2. The summed E-state index contributed by atoms with van der Waals surface area (Å²) in [5.41, 5.74) is 5.05. The summed E-state index contributed by atoms with van der Waals surface area (Å²) >= 11 is 0. The summed E-state index contributed by atoms with van der Waals surface area (Å²) in [7, 11) is 0. The van der Waals surface area contributed by atoms with Gasteiger partial charge in [-0.25, -0.2) is 0 Å². The molecule has 1 aromatic heterocycles. The van der Waals surface area contributed by atoms with Crippen LogP contribution in [0.5, 0.6) is 0 Å². The summed E-state index contributed by atoms with van der Waals surface area (Å²) in [4.78, 5) is 11.7. The number of nitrogens with zero attached hydrogens (tertiary/aromatic N) is 2. The third-order valence-corrected chi connectivity index (χ3v) is 2.98. The van der Waals surface area contributed by atoms with Crippen molar-refractivity contribution in [2.45, 2.75) is 31.3 Å². The van der Waals surface area contributed by atoms with Crippen molar-refractivity contribution in [1.29, 1.82) is 0 Å². The molecule has 4 N–H and O–H groups in total. The molecule has 0 radical (unpaired) electrons. The zero-order valence-corrected chi connectivity index (χ0v) is 9.02. The molecule has 2 rings (SSSR count). The van der Waals surface area contributed by atoms with Gasteiger partial charge in [-0.2, -0.15) is 5.10 Å². The summed E-state index contributed by atoms with van der Waals surface area (Å²) in [6.45, 7) is 0.138. The van der Waals surface area contributed by atoms with Crippen LogP contribution in [-0.2, 0) is 11.3 Å². The number of aliphatic hydroxyl groups excluding tert-OH is 1. The van der Waals surface area contributed by atoms with E-state index < -0.39 is 5.54 Å². The number of carbonyl (C=O) groups is 1. The third kappa shape index (κ3) is 2.16. The van der Waals surface area contributed by atoms with Gasteiger partial charge in [0.25, 0.3) is 0 Å². The second kappa shape index (κ2) is 4.13. The predicted molar refractivity (Wildman–Crippen MR) is 58.4 cm³/mol. The number of nitrogen functional groups attached to an aromatic ring is 1. The minimum atomic E-state index is -0.393. The molecule has 16 heavy (non-hydrogen) atoms. The number of aromatic nitrogens is 2. The highest BCUT2D eigenvalue weighted by Crippen LogP contribution is 2.30. The van der Waals surface area contributed by atoms with Crippen LogP contribution < -0.4 is 11.1 Å². The molecule has 1 aromatic rings. The Hall–Kier alpha value is -1.56. The lowest BCUT2D eigenvalue weighted by atomic mass is 9.77. The van der Waals surface area contributed by atoms with Crippen LogP contribution in [-0.4, -0.2) is 32.9 Å². The molecule has 0 aromatic carbocycles. The minimum absolute atomic E-state index is 0.0000139. The lowest BCUT2D eigenvalue weighted by molar-refractivity contribution is -0.125. The van der Waals surface area contributed by atoms with Gasteiger partial charge >= 0.3 is 0 Å². The van der Waals surface area contributed by atoms with Crippen molar-refractivity contribution in [3.63, 3.8) is 0 Å². The molecule has 0 atom stereocenters. The van der Waals surface area contributed by atoms with Gasteiger partial charge in [-0.15, -0.1) is 0 Å². The number of rotatable bonds is 4. The summed E-state index contributed by atoms with van der Waals surface area (Å²) < 4.78 is 1.48. The van der Waals surface area contributed by atoms with E-state index >= 15 is 0 Å². The second-order valence-electron chi connectivity index (χ2n) is 4.28. The topological polar surface area (TPSA) is 93.2 Å². The quantitative estimate of drug-likeness (QED) is 0.642. The third-order valence-electron chi connectivity index (χ3n) is 2.98. The fraction of sp³-hybridized carbons (Fsp3) is 0.600. The molecule has 1 aliphatic rings. The van der Waals surface area contributed by atoms with Crippen molar-refractivity contribution in [3.8, 4) is 0 Å². The SMILES string of the molecule is Nc1ccn(CC(=O)NC2(CO)CCC2)n1. The number of aliphatic hydroxyl groups is 1. The Labute approximate surface area is 93.4 Å². The molecule has 1 fully saturated rings. The molecular weight excluding hydrogens is 208 g/mol. The monoisotopic (exact) mass is 224 g/mol. The molecule has 0 bridgehead atoms. The zero-order valence-electron chi connectivity index (χ0n) is 9.02. The van der Waals surface area contributed by atoms with Gasteiger partial charge in [-0.3, -0.25) is 9.48 Å². The highest BCUT2D eigenvalue weighted by Gasteiger charge is 2.37. The molecule has 0 saturated heterocycles. The van der Waals surface area contributed by atoms with Crippen molar-refractivity contribution < 1.29 is 9.90 Å². The second-order valence-corrected chi connectivity index (χ2v) is 4.28. The molecule has 1 heterocycles. The Morgan fingerprint density at radius 2 is 2.44 bits per heavy atom. The van der Waals surface area contributed by atoms with E-state index in [1.54, 1.807) is 12.3 Å². The summed E-state index contributed by atoms with van der Waals surface area (Å²) in [6.07, 6.45) is 4.39. The van der Waals surface area contributed by atoms with Crippen molar-refractivity contribution in [2.75, 3.05) is 12.3 Å². The van der Waals surface area contributed by atoms with E-state index in [0.29, 0.717) is 5.82 Å². The molecule has 1 amide bonds. The molecule has 1 aliphatic carbocycles. The van der Waals surface area contributed by atoms with E-state index in [1.165, 1.54) is 4.68 Å². The Balaban J connectivity index is 1.89. The first-order valence-electron chi connectivity index (χ1n) is 5.34. The highest BCUT2D eigenvalue weighted by molar-refractivity contribution is 5.76. The van der Waals surface area contributed by atoms with Crippen molar-refractivity contribution in [3.05, 3.63) is 12.3 Å². The van der Waals surface area contributed by atoms with E-state index in [1.807, 2.05) is 0 Å². The number of amides is 1. The Kier molecular flexibility index (Phi) is 2.82. The number of nitrogens with one attached hydrogen (secondary N) is 1.